The van der Waals surface area contributed by atoms with Crippen molar-refractivity contribution in [2.45, 2.75) is 65.8 Å². The molecule has 0 unspecified atom stereocenters. The molecule has 1 fully saturated rings. The molecule has 1 aromatic heterocycles. The van der Waals surface area contributed by atoms with Gasteiger partial charge in [0.25, 0.3) is 0 Å². The van der Waals surface area contributed by atoms with Crippen molar-refractivity contribution < 1.29 is 0 Å². The SMILES string of the molecule is CCNc1nc(CC)nc(N(C)C2CCC(C)CC2)c1C. The Morgan fingerprint density at radius 2 is 1.81 bits per heavy atom. The molecule has 0 aliphatic heterocycles. The first-order valence-corrected chi connectivity index (χ1v) is 8.41. The fourth-order valence-electron chi connectivity index (χ4n) is 3.19. The van der Waals surface area contributed by atoms with Gasteiger partial charge in [-0.3, -0.25) is 0 Å². The van der Waals surface area contributed by atoms with Crippen LogP contribution in [-0.4, -0.2) is 29.6 Å². The lowest BCUT2D eigenvalue weighted by atomic mass is 9.86. The maximum Gasteiger partial charge on any atom is 0.137 e. The van der Waals surface area contributed by atoms with Crippen LogP contribution in [0.3, 0.4) is 0 Å². The molecule has 4 heteroatoms. The summed E-state index contributed by atoms with van der Waals surface area (Å²) in [5, 5.41) is 3.38. The van der Waals surface area contributed by atoms with Crippen LogP contribution in [0, 0.1) is 12.8 Å². The zero-order chi connectivity index (χ0) is 15.4. The highest BCUT2D eigenvalue weighted by Gasteiger charge is 2.24. The molecule has 0 bridgehead atoms. The molecule has 0 amide bonds. The first-order chi connectivity index (χ1) is 10.1. The Labute approximate surface area is 129 Å². The van der Waals surface area contributed by atoms with E-state index in [1.807, 2.05) is 0 Å². The van der Waals surface area contributed by atoms with Crippen LogP contribution in [0.4, 0.5) is 11.6 Å². The van der Waals surface area contributed by atoms with Crippen molar-refractivity contribution in [3.8, 4) is 0 Å². The summed E-state index contributed by atoms with van der Waals surface area (Å²) in [4.78, 5) is 11.8. The van der Waals surface area contributed by atoms with E-state index in [1.165, 1.54) is 31.2 Å². The van der Waals surface area contributed by atoms with Crippen LogP contribution in [0.1, 0.15) is 57.8 Å². The maximum atomic E-state index is 4.80. The molecule has 4 nitrogen and oxygen atoms in total. The van der Waals surface area contributed by atoms with Gasteiger partial charge < -0.3 is 10.2 Å². The Morgan fingerprint density at radius 1 is 1.14 bits per heavy atom. The van der Waals surface area contributed by atoms with Gasteiger partial charge in [0.1, 0.15) is 17.5 Å². The predicted octanol–water partition coefficient (Wildman–Crippen LogP) is 3.79. The fraction of sp³-hybridized carbons (Fsp3) is 0.765. The summed E-state index contributed by atoms with van der Waals surface area (Å²) >= 11 is 0. The van der Waals surface area contributed by atoms with Gasteiger partial charge in [0.05, 0.1) is 0 Å². The summed E-state index contributed by atoms with van der Waals surface area (Å²) in [5.41, 5.74) is 1.18. The standard InChI is InChI=1S/C17H30N4/c1-6-15-19-16(18-7-2)13(4)17(20-15)21(5)14-10-8-12(3)9-11-14/h12,14H,6-11H2,1-5H3,(H,18,19,20). The van der Waals surface area contributed by atoms with Crippen molar-refractivity contribution in [1.82, 2.24) is 9.97 Å². The monoisotopic (exact) mass is 290 g/mol. The van der Waals surface area contributed by atoms with Gasteiger partial charge in [0, 0.05) is 31.6 Å². The van der Waals surface area contributed by atoms with Crippen LogP contribution in [0.15, 0.2) is 0 Å². The molecule has 1 heterocycles. The molecule has 2 rings (SSSR count). The topological polar surface area (TPSA) is 41.1 Å². The van der Waals surface area contributed by atoms with Crippen LogP contribution in [0.2, 0.25) is 0 Å². The Balaban J connectivity index is 2.26. The highest BCUT2D eigenvalue weighted by atomic mass is 15.2. The number of aromatic nitrogens is 2. The summed E-state index contributed by atoms with van der Waals surface area (Å²) in [5.74, 6) is 3.92. The van der Waals surface area contributed by atoms with E-state index in [9.17, 15) is 0 Å². The average molecular weight is 290 g/mol. The number of nitrogens with zero attached hydrogens (tertiary/aromatic N) is 3. The molecule has 1 saturated carbocycles. The van der Waals surface area contributed by atoms with E-state index < -0.39 is 0 Å². The van der Waals surface area contributed by atoms with E-state index in [1.54, 1.807) is 0 Å². The van der Waals surface area contributed by atoms with Crippen LogP contribution in [0.5, 0.6) is 0 Å². The lowest BCUT2D eigenvalue weighted by Crippen LogP contribution is -2.36. The third-order valence-electron chi connectivity index (χ3n) is 4.69. The molecule has 1 aromatic rings. The molecule has 0 spiro atoms. The summed E-state index contributed by atoms with van der Waals surface area (Å²) in [6.45, 7) is 9.62. The number of aryl methyl sites for hydroxylation is 1. The quantitative estimate of drug-likeness (QED) is 0.895. The van der Waals surface area contributed by atoms with Crippen LogP contribution < -0.4 is 10.2 Å². The number of hydrogen-bond acceptors (Lipinski definition) is 4. The van der Waals surface area contributed by atoms with Gasteiger partial charge in [-0.15, -0.1) is 0 Å². The third kappa shape index (κ3) is 3.66. The minimum absolute atomic E-state index is 0.619. The molecule has 0 atom stereocenters. The minimum Gasteiger partial charge on any atom is -0.370 e. The smallest absolute Gasteiger partial charge is 0.137 e. The molecule has 0 radical (unpaired) electrons. The van der Waals surface area contributed by atoms with Crippen LogP contribution in [0.25, 0.3) is 0 Å². The van der Waals surface area contributed by atoms with Crippen LogP contribution >= 0.6 is 0 Å². The number of anilines is 2. The van der Waals surface area contributed by atoms with Gasteiger partial charge in [-0.2, -0.15) is 0 Å². The minimum atomic E-state index is 0.619. The number of rotatable bonds is 5. The Morgan fingerprint density at radius 3 is 2.38 bits per heavy atom. The zero-order valence-electron chi connectivity index (χ0n) is 14.2. The van der Waals surface area contributed by atoms with E-state index >= 15 is 0 Å². The highest BCUT2D eigenvalue weighted by molar-refractivity contribution is 5.58. The molecule has 1 aliphatic carbocycles. The van der Waals surface area contributed by atoms with Crippen molar-refractivity contribution in [2.24, 2.45) is 5.92 Å². The van der Waals surface area contributed by atoms with Gasteiger partial charge in [0.15, 0.2) is 0 Å². The van der Waals surface area contributed by atoms with Crippen molar-refractivity contribution in [2.75, 3.05) is 23.8 Å². The van der Waals surface area contributed by atoms with Gasteiger partial charge >= 0.3 is 0 Å². The Hall–Kier alpha value is -1.32. The molecule has 21 heavy (non-hydrogen) atoms. The van der Waals surface area contributed by atoms with Crippen molar-refractivity contribution >= 4 is 11.6 Å². The van der Waals surface area contributed by atoms with Crippen LogP contribution in [-0.2, 0) is 6.42 Å². The second-order valence-corrected chi connectivity index (χ2v) is 6.35. The summed E-state index contributed by atoms with van der Waals surface area (Å²) < 4.78 is 0. The number of nitrogens with one attached hydrogen (secondary N) is 1. The fourth-order valence-corrected chi connectivity index (χ4v) is 3.19. The molecule has 0 saturated heterocycles. The first kappa shape index (κ1) is 16.1. The van der Waals surface area contributed by atoms with Gasteiger partial charge in [0.2, 0.25) is 0 Å². The zero-order valence-corrected chi connectivity index (χ0v) is 14.2. The average Bonchev–Trinajstić information content (AvgIpc) is 2.49. The molecule has 0 aromatic carbocycles. The largest absolute Gasteiger partial charge is 0.370 e. The molecule has 1 aliphatic rings. The predicted molar refractivity (Wildman–Crippen MR) is 90.1 cm³/mol. The second kappa shape index (κ2) is 7.10. The van der Waals surface area contributed by atoms with E-state index in [4.69, 9.17) is 4.98 Å². The Kier molecular flexibility index (Phi) is 5.43. The Bertz CT molecular complexity index is 464. The molecule has 1 N–H and O–H groups in total. The van der Waals surface area contributed by atoms with E-state index in [-0.39, 0.29) is 0 Å². The third-order valence-corrected chi connectivity index (χ3v) is 4.69. The summed E-state index contributed by atoms with van der Waals surface area (Å²) in [6.07, 6.45) is 6.10. The maximum absolute atomic E-state index is 4.80. The highest BCUT2D eigenvalue weighted by Crippen LogP contribution is 2.31. The van der Waals surface area contributed by atoms with Gasteiger partial charge in [-0.1, -0.05) is 13.8 Å². The second-order valence-electron chi connectivity index (χ2n) is 6.35. The lowest BCUT2D eigenvalue weighted by Gasteiger charge is -2.35. The van der Waals surface area contributed by atoms with Crippen molar-refractivity contribution in [1.29, 1.82) is 0 Å². The summed E-state index contributed by atoms with van der Waals surface area (Å²) in [7, 11) is 2.20. The first-order valence-electron chi connectivity index (χ1n) is 8.41. The summed E-state index contributed by atoms with van der Waals surface area (Å²) in [6, 6.07) is 0.619. The lowest BCUT2D eigenvalue weighted by molar-refractivity contribution is 0.339. The van der Waals surface area contributed by atoms with E-state index in [0.717, 1.165) is 36.3 Å². The van der Waals surface area contributed by atoms with E-state index in [0.29, 0.717) is 6.04 Å². The van der Waals surface area contributed by atoms with E-state index in [2.05, 4.69) is 49.9 Å². The molecular formula is C17H30N4. The van der Waals surface area contributed by atoms with Gasteiger partial charge in [-0.05, 0) is 45.4 Å². The molecular weight excluding hydrogens is 260 g/mol. The van der Waals surface area contributed by atoms with Crippen molar-refractivity contribution in [3.63, 3.8) is 0 Å². The molecule has 118 valence electrons. The van der Waals surface area contributed by atoms with Crippen molar-refractivity contribution in [3.05, 3.63) is 11.4 Å². The normalized spacial score (nSPS) is 22.1. The van der Waals surface area contributed by atoms with Gasteiger partial charge in [-0.25, -0.2) is 9.97 Å². The number of hydrogen-bond donors (Lipinski definition) is 1.